The van der Waals surface area contributed by atoms with E-state index in [1.807, 2.05) is 32.0 Å². The Hall–Kier alpha value is -1.26. The standard InChI is InChI=1S/C17H16BrNOS/c1-10-7-11(2)16(14(18)8-10)19-17(20)13-9-21-15-6-4-3-5-12(13)15/h3-8,13H,9H2,1-2H3,(H,19,20). The minimum absolute atomic E-state index is 0.0695. The molecule has 0 aromatic heterocycles. The van der Waals surface area contributed by atoms with Gasteiger partial charge in [0.15, 0.2) is 0 Å². The number of hydrogen-bond acceptors (Lipinski definition) is 2. The zero-order valence-corrected chi connectivity index (χ0v) is 14.3. The van der Waals surface area contributed by atoms with Gasteiger partial charge in [0.05, 0.1) is 11.6 Å². The van der Waals surface area contributed by atoms with Gasteiger partial charge in [0, 0.05) is 15.1 Å². The molecule has 3 rings (SSSR count). The van der Waals surface area contributed by atoms with Crippen molar-refractivity contribution in [2.45, 2.75) is 24.7 Å². The highest BCUT2D eigenvalue weighted by Gasteiger charge is 2.29. The molecule has 21 heavy (non-hydrogen) atoms. The highest BCUT2D eigenvalue weighted by atomic mass is 79.9. The van der Waals surface area contributed by atoms with E-state index < -0.39 is 0 Å². The monoisotopic (exact) mass is 361 g/mol. The number of benzene rings is 2. The normalized spacial score (nSPS) is 16.6. The lowest BCUT2D eigenvalue weighted by Crippen LogP contribution is -2.21. The molecule has 0 bridgehead atoms. The smallest absolute Gasteiger partial charge is 0.232 e. The Labute approximate surface area is 137 Å². The Morgan fingerprint density at radius 1 is 1.29 bits per heavy atom. The van der Waals surface area contributed by atoms with Crippen LogP contribution in [0.2, 0.25) is 0 Å². The number of aryl methyl sites for hydroxylation is 2. The van der Waals surface area contributed by atoms with Gasteiger partial charge in [-0.1, -0.05) is 24.3 Å². The fraction of sp³-hybridized carbons (Fsp3) is 0.235. The molecule has 1 atom stereocenters. The Morgan fingerprint density at radius 2 is 2.05 bits per heavy atom. The molecular formula is C17H16BrNOS. The Bertz CT molecular complexity index is 691. The maximum atomic E-state index is 12.6. The van der Waals surface area contributed by atoms with Crippen molar-refractivity contribution in [3.8, 4) is 0 Å². The molecule has 1 amide bonds. The van der Waals surface area contributed by atoms with Crippen molar-refractivity contribution in [3.63, 3.8) is 0 Å². The van der Waals surface area contributed by atoms with Crippen molar-refractivity contribution >= 4 is 39.3 Å². The first-order valence-electron chi connectivity index (χ1n) is 6.85. The van der Waals surface area contributed by atoms with E-state index in [1.165, 1.54) is 10.5 Å². The van der Waals surface area contributed by atoms with Gasteiger partial charge in [-0.3, -0.25) is 4.79 Å². The lowest BCUT2D eigenvalue weighted by Gasteiger charge is -2.15. The summed E-state index contributed by atoms with van der Waals surface area (Å²) < 4.78 is 0.937. The minimum atomic E-state index is -0.0706. The van der Waals surface area contributed by atoms with Crippen molar-refractivity contribution < 1.29 is 4.79 Å². The summed E-state index contributed by atoms with van der Waals surface area (Å²) >= 11 is 5.30. The molecule has 0 fully saturated rings. The largest absolute Gasteiger partial charge is 0.324 e. The molecule has 2 aromatic rings. The van der Waals surface area contributed by atoms with Crippen LogP contribution in [0.1, 0.15) is 22.6 Å². The molecule has 0 radical (unpaired) electrons. The highest BCUT2D eigenvalue weighted by Crippen LogP contribution is 2.40. The number of hydrogen-bond donors (Lipinski definition) is 1. The zero-order chi connectivity index (χ0) is 15.0. The maximum Gasteiger partial charge on any atom is 0.232 e. The number of halogens is 1. The third-order valence-corrected chi connectivity index (χ3v) is 5.50. The second-order valence-corrected chi connectivity index (χ2v) is 7.25. The van der Waals surface area contributed by atoms with E-state index in [0.29, 0.717) is 0 Å². The first-order chi connectivity index (χ1) is 10.1. The minimum Gasteiger partial charge on any atom is -0.324 e. The average molecular weight is 362 g/mol. The number of rotatable bonds is 2. The predicted octanol–water partition coefficient (Wildman–Crippen LogP) is 4.89. The molecule has 2 aromatic carbocycles. The van der Waals surface area contributed by atoms with E-state index in [4.69, 9.17) is 0 Å². The summed E-state index contributed by atoms with van der Waals surface area (Å²) in [6.45, 7) is 4.07. The van der Waals surface area contributed by atoms with Crippen LogP contribution in [0.4, 0.5) is 5.69 Å². The zero-order valence-electron chi connectivity index (χ0n) is 11.9. The highest BCUT2D eigenvalue weighted by molar-refractivity contribution is 9.10. The van der Waals surface area contributed by atoms with Gasteiger partial charge in [-0.2, -0.15) is 0 Å². The first kappa shape index (κ1) is 14.7. The Balaban J connectivity index is 1.86. The van der Waals surface area contributed by atoms with Gasteiger partial charge in [-0.15, -0.1) is 11.8 Å². The average Bonchev–Trinajstić information content (AvgIpc) is 2.86. The quantitative estimate of drug-likeness (QED) is 0.824. The lowest BCUT2D eigenvalue weighted by molar-refractivity contribution is -0.117. The predicted molar refractivity (Wildman–Crippen MR) is 92.2 cm³/mol. The molecule has 4 heteroatoms. The van der Waals surface area contributed by atoms with Crippen molar-refractivity contribution in [3.05, 3.63) is 57.6 Å². The van der Waals surface area contributed by atoms with Crippen molar-refractivity contribution in [2.24, 2.45) is 0 Å². The molecular weight excluding hydrogens is 346 g/mol. The summed E-state index contributed by atoms with van der Waals surface area (Å²) in [4.78, 5) is 13.8. The van der Waals surface area contributed by atoms with Crippen LogP contribution >= 0.6 is 27.7 Å². The van der Waals surface area contributed by atoms with Crippen molar-refractivity contribution in [1.29, 1.82) is 0 Å². The van der Waals surface area contributed by atoms with E-state index in [-0.39, 0.29) is 11.8 Å². The summed E-state index contributed by atoms with van der Waals surface area (Å²) in [5.74, 6) is 0.812. The van der Waals surface area contributed by atoms with Crippen LogP contribution in [0.15, 0.2) is 45.8 Å². The van der Waals surface area contributed by atoms with Crippen LogP contribution in [-0.2, 0) is 4.79 Å². The number of thioether (sulfide) groups is 1. The van der Waals surface area contributed by atoms with Crippen LogP contribution in [0.5, 0.6) is 0 Å². The summed E-state index contributed by atoms with van der Waals surface area (Å²) in [5, 5.41) is 3.09. The first-order valence-corrected chi connectivity index (χ1v) is 8.63. The Morgan fingerprint density at radius 3 is 2.81 bits per heavy atom. The SMILES string of the molecule is Cc1cc(C)c(NC(=O)C2CSc3ccccc32)c(Br)c1. The van der Waals surface area contributed by atoms with Crippen molar-refractivity contribution in [1.82, 2.24) is 0 Å². The van der Waals surface area contributed by atoms with Gasteiger partial charge < -0.3 is 5.32 Å². The molecule has 0 saturated heterocycles. The molecule has 1 aliphatic heterocycles. The van der Waals surface area contributed by atoms with Gasteiger partial charge in [-0.25, -0.2) is 0 Å². The summed E-state index contributed by atoms with van der Waals surface area (Å²) in [6.07, 6.45) is 0. The molecule has 1 heterocycles. The third-order valence-electron chi connectivity index (χ3n) is 3.70. The third kappa shape index (κ3) is 2.87. The molecule has 0 spiro atoms. The van der Waals surface area contributed by atoms with Crippen LogP contribution in [0.25, 0.3) is 0 Å². The topological polar surface area (TPSA) is 29.1 Å². The van der Waals surface area contributed by atoms with E-state index in [2.05, 4.69) is 39.4 Å². The molecule has 1 aliphatic rings. The fourth-order valence-electron chi connectivity index (χ4n) is 2.66. The van der Waals surface area contributed by atoms with E-state index in [9.17, 15) is 4.79 Å². The lowest BCUT2D eigenvalue weighted by atomic mass is 10.00. The number of anilines is 1. The number of carbonyl (C=O) groups excluding carboxylic acids is 1. The molecule has 0 saturated carbocycles. The summed E-state index contributed by atoms with van der Waals surface area (Å²) in [6, 6.07) is 12.3. The van der Waals surface area contributed by atoms with E-state index in [0.717, 1.165) is 27.0 Å². The molecule has 1 N–H and O–H groups in total. The number of nitrogens with one attached hydrogen (secondary N) is 1. The second-order valence-electron chi connectivity index (χ2n) is 5.33. The van der Waals surface area contributed by atoms with Crippen molar-refractivity contribution in [2.75, 3.05) is 11.1 Å². The fourth-order valence-corrected chi connectivity index (χ4v) is 4.67. The van der Waals surface area contributed by atoms with E-state index in [1.54, 1.807) is 11.8 Å². The molecule has 108 valence electrons. The molecule has 1 unspecified atom stereocenters. The molecule has 0 aliphatic carbocycles. The van der Waals surface area contributed by atoms with Crippen LogP contribution < -0.4 is 5.32 Å². The number of amides is 1. The van der Waals surface area contributed by atoms with Gasteiger partial charge in [0.25, 0.3) is 0 Å². The van der Waals surface area contributed by atoms with Crippen LogP contribution in [0, 0.1) is 13.8 Å². The van der Waals surface area contributed by atoms with Gasteiger partial charge in [-0.05, 0) is 58.6 Å². The second kappa shape index (κ2) is 5.85. The summed E-state index contributed by atoms with van der Waals surface area (Å²) in [7, 11) is 0. The van der Waals surface area contributed by atoms with Crippen LogP contribution in [0.3, 0.4) is 0 Å². The van der Waals surface area contributed by atoms with E-state index >= 15 is 0 Å². The number of fused-ring (bicyclic) bond motifs is 1. The summed E-state index contributed by atoms with van der Waals surface area (Å²) in [5.41, 5.74) is 4.27. The number of carbonyl (C=O) groups is 1. The molecule has 2 nitrogen and oxygen atoms in total. The van der Waals surface area contributed by atoms with Gasteiger partial charge >= 0.3 is 0 Å². The van der Waals surface area contributed by atoms with Gasteiger partial charge in [0.1, 0.15) is 0 Å². The van der Waals surface area contributed by atoms with Crippen LogP contribution in [-0.4, -0.2) is 11.7 Å². The van der Waals surface area contributed by atoms with Gasteiger partial charge in [0.2, 0.25) is 5.91 Å². The maximum absolute atomic E-state index is 12.6. The Kier molecular flexibility index (Phi) is 4.09.